The summed E-state index contributed by atoms with van der Waals surface area (Å²) in [5.74, 6) is -0.286. The van der Waals surface area contributed by atoms with Crippen molar-refractivity contribution >= 4 is 11.8 Å². The van der Waals surface area contributed by atoms with Crippen LogP contribution in [0.5, 0.6) is 0 Å². The molecule has 7 heteroatoms. The van der Waals surface area contributed by atoms with E-state index in [-0.39, 0.29) is 28.4 Å². The Labute approximate surface area is 151 Å². The number of hydrogen-bond acceptors (Lipinski definition) is 2. The van der Waals surface area contributed by atoms with Gasteiger partial charge < -0.3 is 9.80 Å². The highest BCUT2D eigenvalue weighted by Gasteiger charge is 2.43. The van der Waals surface area contributed by atoms with Gasteiger partial charge in [0.1, 0.15) is 0 Å². The van der Waals surface area contributed by atoms with E-state index in [1.165, 1.54) is 19.1 Å². The third-order valence-corrected chi connectivity index (χ3v) is 5.78. The van der Waals surface area contributed by atoms with E-state index in [9.17, 15) is 22.8 Å². The first kappa shape index (κ1) is 18.7. The Morgan fingerprint density at radius 2 is 1.62 bits per heavy atom. The van der Waals surface area contributed by atoms with Crippen LogP contribution >= 0.6 is 0 Å². The summed E-state index contributed by atoms with van der Waals surface area (Å²) in [5, 5.41) is 0. The van der Waals surface area contributed by atoms with Gasteiger partial charge in [0.15, 0.2) is 0 Å². The van der Waals surface area contributed by atoms with Gasteiger partial charge in [-0.2, -0.15) is 13.2 Å². The van der Waals surface area contributed by atoms with E-state index in [2.05, 4.69) is 0 Å². The molecule has 0 saturated carbocycles. The average Bonchev–Trinajstić information content (AvgIpc) is 2.97. The summed E-state index contributed by atoms with van der Waals surface area (Å²) in [6.07, 6.45) is -1.97. The first-order valence-electron chi connectivity index (χ1n) is 8.84. The van der Waals surface area contributed by atoms with Crippen molar-refractivity contribution in [2.24, 2.45) is 5.41 Å². The van der Waals surface area contributed by atoms with Crippen molar-refractivity contribution in [3.05, 3.63) is 34.9 Å². The topological polar surface area (TPSA) is 40.6 Å². The van der Waals surface area contributed by atoms with Gasteiger partial charge in [-0.3, -0.25) is 9.59 Å². The Hall–Kier alpha value is -2.05. The molecule has 2 fully saturated rings. The number of carbonyl (C=O) groups excluding carboxylic acids is 2. The van der Waals surface area contributed by atoms with E-state index >= 15 is 0 Å². The fourth-order valence-electron chi connectivity index (χ4n) is 4.06. The van der Waals surface area contributed by atoms with Crippen LogP contribution in [0.2, 0.25) is 0 Å². The molecule has 0 aromatic heterocycles. The van der Waals surface area contributed by atoms with Crippen LogP contribution in [0.1, 0.15) is 47.7 Å². The fraction of sp³-hybridized carbons (Fsp3) is 0.579. The van der Waals surface area contributed by atoms with Gasteiger partial charge in [-0.25, -0.2) is 0 Å². The summed E-state index contributed by atoms with van der Waals surface area (Å²) in [6.45, 7) is 5.41. The highest BCUT2D eigenvalue weighted by Crippen LogP contribution is 2.41. The minimum absolute atomic E-state index is 0.0147. The Balaban J connectivity index is 1.72. The molecule has 2 aliphatic rings. The van der Waals surface area contributed by atoms with E-state index in [4.69, 9.17) is 0 Å². The Bertz CT molecular complexity index is 722. The molecule has 2 aliphatic heterocycles. The molecule has 1 aromatic rings. The maximum atomic E-state index is 13.1. The molecule has 1 aromatic carbocycles. The second-order valence-electron chi connectivity index (χ2n) is 7.51. The minimum atomic E-state index is -4.47. The van der Waals surface area contributed by atoms with Crippen LogP contribution in [-0.2, 0) is 11.0 Å². The molecule has 26 heavy (non-hydrogen) atoms. The molecule has 1 spiro atoms. The van der Waals surface area contributed by atoms with Gasteiger partial charge in [-0.1, -0.05) is 6.07 Å². The van der Waals surface area contributed by atoms with E-state index in [0.29, 0.717) is 26.2 Å². The number of halogens is 3. The molecule has 4 nitrogen and oxygen atoms in total. The SMILES string of the molecule is CC(=O)N1CCC2(CC1)CCN(C(=O)c1ccc(C)c(C(F)(F)F)c1)C2. The zero-order valence-corrected chi connectivity index (χ0v) is 15.0. The molecule has 0 aliphatic carbocycles. The molecule has 0 radical (unpaired) electrons. The largest absolute Gasteiger partial charge is 0.416 e. The molecular formula is C19H23F3N2O2. The van der Waals surface area contributed by atoms with Crippen LogP contribution in [0.25, 0.3) is 0 Å². The average molecular weight is 368 g/mol. The summed E-state index contributed by atoms with van der Waals surface area (Å²) < 4.78 is 39.3. The van der Waals surface area contributed by atoms with E-state index in [1.807, 2.05) is 4.90 Å². The standard InChI is InChI=1S/C19H23F3N2O2/c1-13-3-4-15(11-16(13)19(20,21)22)17(26)24-10-7-18(12-24)5-8-23(9-6-18)14(2)25/h3-4,11H,5-10,12H2,1-2H3. The van der Waals surface area contributed by atoms with Gasteiger partial charge in [-0.05, 0) is 49.3 Å². The monoisotopic (exact) mass is 368 g/mol. The van der Waals surface area contributed by atoms with Gasteiger partial charge >= 0.3 is 6.18 Å². The molecule has 3 rings (SSSR count). The summed E-state index contributed by atoms with van der Waals surface area (Å²) in [6, 6.07) is 3.78. The van der Waals surface area contributed by atoms with Crippen molar-refractivity contribution < 1.29 is 22.8 Å². The second-order valence-corrected chi connectivity index (χ2v) is 7.51. The molecule has 0 N–H and O–H groups in total. The molecule has 2 amide bonds. The highest BCUT2D eigenvalue weighted by molar-refractivity contribution is 5.94. The lowest BCUT2D eigenvalue weighted by Crippen LogP contribution is -2.44. The van der Waals surface area contributed by atoms with Crippen molar-refractivity contribution in [2.75, 3.05) is 26.2 Å². The van der Waals surface area contributed by atoms with Gasteiger partial charge in [0.05, 0.1) is 5.56 Å². The minimum Gasteiger partial charge on any atom is -0.343 e. The lowest BCUT2D eigenvalue weighted by Gasteiger charge is -2.38. The first-order chi connectivity index (χ1) is 12.1. The number of likely N-dealkylation sites (tertiary alicyclic amines) is 2. The van der Waals surface area contributed by atoms with Crippen molar-refractivity contribution in [3.8, 4) is 0 Å². The number of amides is 2. The number of hydrogen-bond donors (Lipinski definition) is 0. The number of piperidine rings is 1. The Morgan fingerprint density at radius 3 is 2.15 bits per heavy atom. The summed E-state index contributed by atoms with van der Waals surface area (Å²) >= 11 is 0. The molecule has 0 bridgehead atoms. The summed E-state index contributed by atoms with van der Waals surface area (Å²) in [5.41, 5.74) is -0.573. The zero-order valence-electron chi connectivity index (χ0n) is 15.0. The predicted molar refractivity (Wildman–Crippen MR) is 90.6 cm³/mol. The number of rotatable bonds is 1. The maximum Gasteiger partial charge on any atom is 0.416 e. The van der Waals surface area contributed by atoms with Crippen LogP contribution in [0.3, 0.4) is 0 Å². The van der Waals surface area contributed by atoms with E-state index < -0.39 is 11.7 Å². The van der Waals surface area contributed by atoms with Crippen molar-refractivity contribution in [2.45, 2.75) is 39.3 Å². The quantitative estimate of drug-likeness (QED) is 0.761. The normalized spacial score (nSPS) is 19.9. The third kappa shape index (κ3) is 3.57. The predicted octanol–water partition coefficient (Wildman–Crippen LogP) is 3.49. The first-order valence-corrected chi connectivity index (χ1v) is 8.84. The number of nitrogens with zero attached hydrogens (tertiary/aromatic N) is 2. The molecular weight excluding hydrogens is 345 g/mol. The van der Waals surface area contributed by atoms with Crippen molar-refractivity contribution in [1.82, 2.24) is 9.80 Å². The van der Waals surface area contributed by atoms with E-state index in [0.717, 1.165) is 25.3 Å². The zero-order chi connectivity index (χ0) is 19.1. The van der Waals surface area contributed by atoms with Crippen molar-refractivity contribution in [3.63, 3.8) is 0 Å². The third-order valence-electron chi connectivity index (χ3n) is 5.78. The van der Waals surface area contributed by atoms with Crippen LogP contribution in [-0.4, -0.2) is 47.8 Å². The molecule has 0 unspecified atom stereocenters. The fourth-order valence-corrected chi connectivity index (χ4v) is 4.06. The van der Waals surface area contributed by atoms with E-state index in [1.54, 1.807) is 11.8 Å². The van der Waals surface area contributed by atoms with Gasteiger partial charge in [-0.15, -0.1) is 0 Å². The molecule has 142 valence electrons. The summed E-state index contributed by atoms with van der Waals surface area (Å²) in [7, 11) is 0. The van der Waals surface area contributed by atoms with Crippen LogP contribution in [0.4, 0.5) is 13.2 Å². The molecule has 2 saturated heterocycles. The Morgan fingerprint density at radius 1 is 1.04 bits per heavy atom. The van der Waals surface area contributed by atoms with Crippen molar-refractivity contribution in [1.29, 1.82) is 0 Å². The summed E-state index contributed by atoms with van der Waals surface area (Å²) in [4.78, 5) is 27.7. The number of benzene rings is 1. The smallest absolute Gasteiger partial charge is 0.343 e. The molecule has 2 heterocycles. The maximum absolute atomic E-state index is 13.1. The van der Waals surface area contributed by atoms with Gasteiger partial charge in [0.2, 0.25) is 5.91 Å². The second kappa shape index (κ2) is 6.59. The number of aryl methyl sites for hydroxylation is 1. The molecule has 0 atom stereocenters. The highest BCUT2D eigenvalue weighted by atomic mass is 19.4. The van der Waals surface area contributed by atoms with Crippen LogP contribution < -0.4 is 0 Å². The number of carbonyl (C=O) groups is 2. The van der Waals surface area contributed by atoms with Gasteiger partial charge in [0, 0.05) is 38.7 Å². The lowest BCUT2D eigenvalue weighted by atomic mass is 9.78. The van der Waals surface area contributed by atoms with Crippen LogP contribution in [0.15, 0.2) is 18.2 Å². The lowest BCUT2D eigenvalue weighted by molar-refractivity contribution is -0.138. The van der Waals surface area contributed by atoms with Gasteiger partial charge in [0.25, 0.3) is 5.91 Å². The van der Waals surface area contributed by atoms with Crippen LogP contribution in [0, 0.1) is 12.3 Å². The Kier molecular flexibility index (Phi) is 4.75. The number of alkyl halides is 3.